The van der Waals surface area contributed by atoms with Gasteiger partial charge in [0.15, 0.2) is 5.82 Å². The van der Waals surface area contributed by atoms with Gasteiger partial charge >= 0.3 is 0 Å². The van der Waals surface area contributed by atoms with Crippen LogP contribution in [0.25, 0.3) is 17.1 Å². The lowest BCUT2D eigenvalue weighted by atomic mass is 10.2. The first-order valence-corrected chi connectivity index (χ1v) is 7.62. The van der Waals surface area contributed by atoms with Crippen LogP contribution in [0, 0.1) is 0 Å². The monoisotopic (exact) mass is 299 g/mol. The van der Waals surface area contributed by atoms with Crippen molar-refractivity contribution < 1.29 is 0 Å². The summed E-state index contributed by atoms with van der Waals surface area (Å²) < 4.78 is 2.12. The van der Waals surface area contributed by atoms with Crippen molar-refractivity contribution in [2.75, 3.05) is 0 Å². The number of aromatic nitrogens is 3. The van der Waals surface area contributed by atoms with Crippen LogP contribution in [-0.4, -0.2) is 14.8 Å². The number of fused-ring (bicyclic) bond motifs is 3. The van der Waals surface area contributed by atoms with Crippen molar-refractivity contribution >= 4 is 23.4 Å². The average Bonchev–Trinajstić information content (AvgIpc) is 2.92. The molecule has 2 aromatic carbocycles. The van der Waals surface area contributed by atoms with Gasteiger partial charge in [-0.2, -0.15) is 0 Å². The van der Waals surface area contributed by atoms with Gasteiger partial charge in [-0.3, -0.25) is 4.57 Å². The third kappa shape index (κ3) is 1.84. The number of hydrogen-bond donors (Lipinski definition) is 0. The molecule has 3 aromatic rings. The SMILES string of the molecule is Clc1ccc2c(c1)SCc1nnc(-c3ccccc3)n1-2. The van der Waals surface area contributed by atoms with Gasteiger partial charge in [0.05, 0.1) is 11.4 Å². The molecule has 0 bridgehead atoms. The van der Waals surface area contributed by atoms with Gasteiger partial charge in [0.25, 0.3) is 0 Å². The zero-order valence-corrected chi connectivity index (χ0v) is 12.0. The van der Waals surface area contributed by atoms with E-state index in [0.29, 0.717) is 0 Å². The first kappa shape index (κ1) is 12.0. The van der Waals surface area contributed by atoms with Crippen molar-refractivity contribution in [2.45, 2.75) is 10.6 Å². The van der Waals surface area contributed by atoms with E-state index in [1.165, 1.54) is 4.90 Å². The van der Waals surface area contributed by atoms with Crippen molar-refractivity contribution in [3.63, 3.8) is 0 Å². The van der Waals surface area contributed by atoms with Crippen LogP contribution in [-0.2, 0) is 5.75 Å². The van der Waals surface area contributed by atoms with Gasteiger partial charge in [0, 0.05) is 15.5 Å². The number of nitrogens with zero attached hydrogens (tertiary/aromatic N) is 3. The Bertz CT molecular complexity index is 783. The normalized spacial score (nSPS) is 12.8. The Balaban J connectivity index is 1.96. The molecule has 0 radical (unpaired) electrons. The Morgan fingerprint density at radius 1 is 1.05 bits per heavy atom. The summed E-state index contributed by atoms with van der Waals surface area (Å²) in [6.45, 7) is 0. The minimum absolute atomic E-state index is 0.758. The van der Waals surface area contributed by atoms with E-state index in [9.17, 15) is 0 Å². The molecule has 4 rings (SSSR count). The van der Waals surface area contributed by atoms with E-state index < -0.39 is 0 Å². The minimum atomic E-state index is 0.758. The van der Waals surface area contributed by atoms with Gasteiger partial charge in [0.2, 0.25) is 0 Å². The zero-order chi connectivity index (χ0) is 13.5. The quantitative estimate of drug-likeness (QED) is 0.675. The number of hydrogen-bond acceptors (Lipinski definition) is 3. The van der Waals surface area contributed by atoms with Crippen LogP contribution in [0.3, 0.4) is 0 Å². The molecule has 98 valence electrons. The second-order valence-electron chi connectivity index (χ2n) is 4.54. The van der Waals surface area contributed by atoms with Crippen molar-refractivity contribution in [3.8, 4) is 17.1 Å². The van der Waals surface area contributed by atoms with Gasteiger partial charge in [-0.05, 0) is 18.2 Å². The topological polar surface area (TPSA) is 30.7 Å². The van der Waals surface area contributed by atoms with E-state index in [1.807, 2.05) is 36.4 Å². The predicted molar refractivity (Wildman–Crippen MR) is 81.4 cm³/mol. The fourth-order valence-corrected chi connectivity index (χ4v) is 3.59. The molecule has 0 saturated heterocycles. The fourth-order valence-electron chi connectivity index (χ4n) is 2.37. The van der Waals surface area contributed by atoms with Crippen molar-refractivity contribution in [2.24, 2.45) is 0 Å². The summed E-state index contributed by atoms with van der Waals surface area (Å²) in [4.78, 5) is 1.17. The highest BCUT2D eigenvalue weighted by Crippen LogP contribution is 2.38. The van der Waals surface area contributed by atoms with Gasteiger partial charge in [-0.1, -0.05) is 41.9 Å². The van der Waals surface area contributed by atoms with E-state index in [0.717, 1.165) is 33.7 Å². The molecule has 0 spiro atoms. The highest BCUT2D eigenvalue weighted by Gasteiger charge is 2.22. The molecular weight excluding hydrogens is 290 g/mol. The molecule has 0 amide bonds. The Kier molecular flexibility index (Phi) is 2.79. The molecule has 1 aromatic heterocycles. The number of benzene rings is 2. The third-order valence-corrected chi connectivity index (χ3v) is 4.56. The van der Waals surface area contributed by atoms with E-state index in [2.05, 4.69) is 26.9 Å². The van der Waals surface area contributed by atoms with Gasteiger partial charge in [-0.15, -0.1) is 22.0 Å². The van der Waals surface area contributed by atoms with E-state index >= 15 is 0 Å². The summed E-state index contributed by atoms with van der Waals surface area (Å²) in [6, 6.07) is 16.1. The summed E-state index contributed by atoms with van der Waals surface area (Å²) in [7, 11) is 0. The lowest BCUT2D eigenvalue weighted by Gasteiger charge is -2.19. The Labute approximate surface area is 125 Å². The van der Waals surface area contributed by atoms with Crippen LogP contribution in [0.15, 0.2) is 53.4 Å². The fraction of sp³-hybridized carbons (Fsp3) is 0.0667. The molecule has 5 heteroatoms. The molecule has 2 heterocycles. The lowest BCUT2D eigenvalue weighted by Crippen LogP contribution is -2.07. The molecule has 0 N–H and O–H groups in total. The second kappa shape index (κ2) is 4.65. The Morgan fingerprint density at radius 2 is 1.90 bits per heavy atom. The smallest absolute Gasteiger partial charge is 0.168 e. The van der Waals surface area contributed by atoms with Crippen LogP contribution in [0.4, 0.5) is 0 Å². The molecule has 0 atom stereocenters. The molecule has 1 aliphatic heterocycles. The van der Waals surface area contributed by atoms with Crippen LogP contribution in [0.1, 0.15) is 5.82 Å². The molecule has 0 aliphatic carbocycles. The maximum Gasteiger partial charge on any atom is 0.168 e. The highest BCUT2D eigenvalue weighted by molar-refractivity contribution is 7.98. The molecule has 0 unspecified atom stereocenters. The average molecular weight is 300 g/mol. The summed E-state index contributed by atoms with van der Waals surface area (Å²) >= 11 is 7.83. The van der Waals surface area contributed by atoms with Crippen LogP contribution < -0.4 is 0 Å². The van der Waals surface area contributed by atoms with Crippen molar-refractivity contribution in [3.05, 3.63) is 59.4 Å². The summed E-state index contributed by atoms with van der Waals surface area (Å²) in [6.07, 6.45) is 0. The largest absolute Gasteiger partial charge is 0.277 e. The maximum absolute atomic E-state index is 6.08. The molecule has 3 nitrogen and oxygen atoms in total. The Morgan fingerprint density at radius 3 is 2.75 bits per heavy atom. The van der Waals surface area contributed by atoms with Crippen LogP contribution in [0.2, 0.25) is 5.02 Å². The molecular formula is C15H10ClN3S. The summed E-state index contributed by atoms with van der Waals surface area (Å²) in [5.74, 6) is 2.67. The molecule has 1 aliphatic rings. The van der Waals surface area contributed by atoms with Crippen LogP contribution in [0.5, 0.6) is 0 Å². The number of rotatable bonds is 1. The van der Waals surface area contributed by atoms with Crippen molar-refractivity contribution in [1.29, 1.82) is 0 Å². The van der Waals surface area contributed by atoms with Crippen molar-refractivity contribution in [1.82, 2.24) is 14.8 Å². The summed E-state index contributed by atoms with van der Waals surface area (Å²) in [5.41, 5.74) is 2.17. The summed E-state index contributed by atoms with van der Waals surface area (Å²) in [5, 5.41) is 9.43. The van der Waals surface area contributed by atoms with Gasteiger partial charge in [-0.25, -0.2) is 0 Å². The third-order valence-electron chi connectivity index (χ3n) is 3.28. The molecule has 20 heavy (non-hydrogen) atoms. The first-order chi connectivity index (χ1) is 9.83. The first-order valence-electron chi connectivity index (χ1n) is 6.25. The highest BCUT2D eigenvalue weighted by atomic mass is 35.5. The van der Waals surface area contributed by atoms with Gasteiger partial charge < -0.3 is 0 Å². The number of halogens is 1. The van der Waals surface area contributed by atoms with E-state index in [4.69, 9.17) is 11.6 Å². The van der Waals surface area contributed by atoms with E-state index in [1.54, 1.807) is 11.8 Å². The Hall–Kier alpha value is -1.78. The van der Waals surface area contributed by atoms with E-state index in [-0.39, 0.29) is 0 Å². The minimum Gasteiger partial charge on any atom is -0.277 e. The molecule has 0 saturated carbocycles. The predicted octanol–water partition coefficient (Wildman–Crippen LogP) is 4.19. The lowest BCUT2D eigenvalue weighted by molar-refractivity contribution is 0.923. The zero-order valence-electron chi connectivity index (χ0n) is 10.5. The molecule has 0 fully saturated rings. The maximum atomic E-state index is 6.08. The standard InChI is InChI=1S/C15H10ClN3S/c16-11-6-7-12-13(8-11)20-9-14-17-18-15(19(12)14)10-4-2-1-3-5-10/h1-8H,9H2. The van der Waals surface area contributed by atoms with Crippen LogP contribution >= 0.6 is 23.4 Å². The second-order valence-corrected chi connectivity index (χ2v) is 6.00. The van der Waals surface area contributed by atoms with Gasteiger partial charge in [0.1, 0.15) is 5.82 Å². The number of thioether (sulfide) groups is 1.